The summed E-state index contributed by atoms with van der Waals surface area (Å²) < 4.78 is 11.1. The lowest BCUT2D eigenvalue weighted by Crippen LogP contribution is -2.40. The van der Waals surface area contributed by atoms with Crippen molar-refractivity contribution in [1.82, 2.24) is 0 Å². The third-order valence-electron chi connectivity index (χ3n) is 2.99. The van der Waals surface area contributed by atoms with Crippen LogP contribution in [0.4, 0.5) is 5.69 Å². The highest BCUT2D eigenvalue weighted by Crippen LogP contribution is 2.31. The Morgan fingerprint density at radius 3 is 2.67 bits per heavy atom. The standard InChI is InChI=1S/C15H11Cl2NO3/c16-9-5-6-11(10(17)7-9)18-15(19)14-8-20-12-3-1-2-4-13(12)21-14/h1-7,14H,8H2,(H,18,19). The quantitative estimate of drug-likeness (QED) is 0.915. The Bertz CT molecular complexity index is 690. The van der Waals surface area contributed by atoms with Crippen LogP contribution in [0.15, 0.2) is 42.5 Å². The number of anilines is 1. The maximum Gasteiger partial charge on any atom is 0.269 e. The van der Waals surface area contributed by atoms with Gasteiger partial charge in [0.25, 0.3) is 5.91 Å². The van der Waals surface area contributed by atoms with Crippen molar-refractivity contribution in [2.45, 2.75) is 6.10 Å². The first-order valence-corrected chi connectivity index (χ1v) is 7.03. The molecule has 0 radical (unpaired) electrons. The van der Waals surface area contributed by atoms with Gasteiger partial charge < -0.3 is 14.8 Å². The predicted octanol–water partition coefficient (Wildman–Crippen LogP) is 3.77. The Balaban J connectivity index is 1.72. The van der Waals surface area contributed by atoms with Gasteiger partial charge in [0.15, 0.2) is 11.5 Å². The van der Waals surface area contributed by atoms with Gasteiger partial charge in [-0.2, -0.15) is 0 Å². The SMILES string of the molecule is O=C(Nc1ccc(Cl)cc1Cl)C1COc2ccccc2O1. The molecule has 0 aromatic heterocycles. The zero-order valence-electron chi connectivity index (χ0n) is 10.8. The van der Waals surface area contributed by atoms with E-state index in [1.165, 1.54) is 0 Å². The minimum atomic E-state index is -0.730. The predicted molar refractivity (Wildman–Crippen MR) is 81.4 cm³/mol. The maximum absolute atomic E-state index is 12.2. The highest BCUT2D eigenvalue weighted by atomic mass is 35.5. The lowest BCUT2D eigenvalue weighted by Gasteiger charge is -2.25. The molecule has 0 saturated carbocycles. The maximum atomic E-state index is 12.2. The van der Waals surface area contributed by atoms with E-state index in [2.05, 4.69) is 5.32 Å². The molecule has 1 amide bonds. The molecule has 1 N–H and O–H groups in total. The summed E-state index contributed by atoms with van der Waals surface area (Å²) in [7, 11) is 0. The summed E-state index contributed by atoms with van der Waals surface area (Å²) >= 11 is 11.8. The van der Waals surface area contributed by atoms with Crippen LogP contribution in [0.1, 0.15) is 0 Å². The van der Waals surface area contributed by atoms with E-state index in [-0.39, 0.29) is 12.5 Å². The zero-order chi connectivity index (χ0) is 14.8. The molecule has 2 aromatic rings. The van der Waals surface area contributed by atoms with Crippen molar-refractivity contribution in [2.24, 2.45) is 0 Å². The number of nitrogens with one attached hydrogen (secondary N) is 1. The van der Waals surface area contributed by atoms with Gasteiger partial charge in [0.05, 0.1) is 10.7 Å². The van der Waals surface area contributed by atoms with Gasteiger partial charge in [0.2, 0.25) is 6.10 Å². The molecule has 0 saturated heterocycles. The fourth-order valence-corrected chi connectivity index (χ4v) is 2.41. The average Bonchev–Trinajstić information content (AvgIpc) is 2.49. The van der Waals surface area contributed by atoms with Gasteiger partial charge in [-0.05, 0) is 30.3 Å². The number of hydrogen-bond donors (Lipinski definition) is 1. The van der Waals surface area contributed by atoms with Crippen molar-refractivity contribution < 1.29 is 14.3 Å². The molecule has 1 aliphatic heterocycles. The highest BCUT2D eigenvalue weighted by molar-refractivity contribution is 6.36. The molecule has 2 aromatic carbocycles. The van der Waals surface area contributed by atoms with E-state index in [4.69, 9.17) is 32.7 Å². The third kappa shape index (κ3) is 3.06. The number of halogens is 2. The number of carbonyl (C=O) groups is 1. The van der Waals surface area contributed by atoms with E-state index in [1.54, 1.807) is 30.3 Å². The van der Waals surface area contributed by atoms with Crippen LogP contribution in [0, 0.1) is 0 Å². The van der Waals surface area contributed by atoms with Crippen LogP contribution in [0.2, 0.25) is 10.0 Å². The molecule has 1 heterocycles. The number of fused-ring (bicyclic) bond motifs is 1. The topological polar surface area (TPSA) is 47.6 Å². The molecule has 108 valence electrons. The smallest absolute Gasteiger partial charge is 0.269 e. The lowest BCUT2D eigenvalue weighted by molar-refractivity contribution is -0.125. The van der Waals surface area contributed by atoms with E-state index < -0.39 is 6.10 Å². The lowest BCUT2D eigenvalue weighted by atomic mass is 10.2. The average molecular weight is 324 g/mol. The van der Waals surface area contributed by atoms with Crippen molar-refractivity contribution in [1.29, 1.82) is 0 Å². The van der Waals surface area contributed by atoms with Crippen LogP contribution in [-0.2, 0) is 4.79 Å². The normalized spacial score (nSPS) is 16.4. The number of amides is 1. The zero-order valence-corrected chi connectivity index (χ0v) is 12.3. The van der Waals surface area contributed by atoms with Crippen molar-refractivity contribution in [3.05, 3.63) is 52.5 Å². The number of rotatable bonds is 2. The Hall–Kier alpha value is -1.91. The van der Waals surface area contributed by atoms with Gasteiger partial charge in [-0.15, -0.1) is 0 Å². The van der Waals surface area contributed by atoms with Gasteiger partial charge in [-0.1, -0.05) is 35.3 Å². The second-order valence-electron chi connectivity index (χ2n) is 4.48. The number of benzene rings is 2. The van der Waals surface area contributed by atoms with Crippen molar-refractivity contribution in [3.63, 3.8) is 0 Å². The Labute approximate surface area is 131 Å². The van der Waals surface area contributed by atoms with Crippen LogP contribution in [0.3, 0.4) is 0 Å². The fraction of sp³-hybridized carbons (Fsp3) is 0.133. The molecule has 1 atom stereocenters. The molecule has 0 fully saturated rings. The van der Waals surface area contributed by atoms with Gasteiger partial charge in [-0.3, -0.25) is 4.79 Å². The Morgan fingerprint density at radius 1 is 1.14 bits per heavy atom. The molecular weight excluding hydrogens is 313 g/mol. The minimum Gasteiger partial charge on any atom is -0.485 e. The van der Waals surface area contributed by atoms with Crippen LogP contribution in [0.25, 0.3) is 0 Å². The summed E-state index contributed by atoms with van der Waals surface area (Å²) in [4.78, 5) is 12.2. The molecule has 0 aliphatic carbocycles. The highest BCUT2D eigenvalue weighted by Gasteiger charge is 2.27. The monoisotopic (exact) mass is 323 g/mol. The van der Waals surface area contributed by atoms with E-state index in [0.717, 1.165) is 0 Å². The van der Waals surface area contributed by atoms with Crippen LogP contribution in [-0.4, -0.2) is 18.6 Å². The molecule has 0 bridgehead atoms. The summed E-state index contributed by atoms with van der Waals surface area (Å²) in [5, 5.41) is 3.58. The molecule has 1 aliphatic rings. The van der Waals surface area contributed by atoms with Gasteiger partial charge in [0.1, 0.15) is 6.61 Å². The summed E-state index contributed by atoms with van der Waals surface area (Å²) in [6.07, 6.45) is -0.730. The van der Waals surface area contributed by atoms with E-state index in [0.29, 0.717) is 27.2 Å². The van der Waals surface area contributed by atoms with Crippen molar-refractivity contribution in [2.75, 3.05) is 11.9 Å². The second-order valence-corrected chi connectivity index (χ2v) is 5.32. The first kappa shape index (κ1) is 14.0. The molecule has 21 heavy (non-hydrogen) atoms. The molecule has 3 rings (SSSR count). The van der Waals surface area contributed by atoms with Crippen molar-refractivity contribution in [3.8, 4) is 11.5 Å². The Morgan fingerprint density at radius 2 is 1.90 bits per heavy atom. The number of para-hydroxylation sites is 2. The first-order chi connectivity index (χ1) is 10.1. The molecule has 0 spiro atoms. The Kier molecular flexibility index (Phi) is 3.90. The second kappa shape index (κ2) is 5.84. The van der Waals surface area contributed by atoms with Gasteiger partial charge >= 0.3 is 0 Å². The molecule has 6 heteroatoms. The molecule has 4 nitrogen and oxygen atoms in total. The minimum absolute atomic E-state index is 0.147. The number of carbonyl (C=O) groups excluding carboxylic acids is 1. The third-order valence-corrected chi connectivity index (χ3v) is 3.54. The summed E-state index contributed by atoms with van der Waals surface area (Å²) in [5.74, 6) is 0.853. The van der Waals surface area contributed by atoms with E-state index >= 15 is 0 Å². The van der Waals surface area contributed by atoms with Crippen LogP contribution in [0.5, 0.6) is 11.5 Å². The van der Waals surface area contributed by atoms with Crippen LogP contribution < -0.4 is 14.8 Å². The van der Waals surface area contributed by atoms with Crippen LogP contribution >= 0.6 is 23.2 Å². The number of hydrogen-bond acceptors (Lipinski definition) is 3. The van der Waals surface area contributed by atoms with E-state index in [9.17, 15) is 4.79 Å². The van der Waals surface area contributed by atoms with E-state index in [1.807, 2.05) is 12.1 Å². The largest absolute Gasteiger partial charge is 0.485 e. The summed E-state index contributed by atoms with van der Waals surface area (Å²) in [6, 6.07) is 12.1. The molecular formula is C15H11Cl2NO3. The fourth-order valence-electron chi connectivity index (χ4n) is 1.95. The van der Waals surface area contributed by atoms with Crippen molar-refractivity contribution >= 4 is 34.8 Å². The molecule has 1 unspecified atom stereocenters. The summed E-state index contributed by atoms with van der Waals surface area (Å²) in [5.41, 5.74) is 0.480. The summed E-state index contributed by atoms with van der Waals surface area (Å²) in [6.45, 7) is 0.147. The van der Waals surface area contributed by atoms with Gasteiger partial charge in [-0.25, -0.2) is 0 Å². The first-order valence-electron chi connectivity index (χ1n) is 6.28. The van der Waals surface area contributed by atoms with Gasteiger partial charge in [0, 0.05) is 5.02 Å². The number of ether oxygens (including phenoxy) is 2.